The molecule has 0 atom stereocenters. The normalized spacial score (nSPS) is 10.6. The Hall–Kier alpha value is -3.18. The number of benzene rings is 3. The number of phenols is 3. The van der Waals surface area contributed by atoms with Gasteiger partial charge in [0.25, 0.3) is 0 Å². The van der Waals surface area contributed by atoms with Crippen molar-refractivity contribution in [1.82, 2.24) is 0 Å². The van der Waals surface area contributed by atoms with Crippen LogP contribution < -0.4 is 4.74 Å². The van der Waals surface area contributed by atoms with Crippen LogP contribution in [0.25, 0.3) is 0 Å². The number of hydrogen-bond donors (Lipinski definition) is 3. The van der Waals surface area contributed by atoms with Crippen LogP contribution in [0.1, 0.15) is 27.9 Å². The monoisotopic (exact) mass is 398 g/mol. The molecular formula is C22H19ClO5. The predicted molar refractivity (Wildman–Crippen MR) is 107 cm³/mol. The molecule has 0 fully saturated rings. The lowest BCUT2D eigenvalue weighted by molar-refractivity contribution is 0.0977. The Morgan fingerprint density at radius 3 is 2.14 bits per heavy atom. The van der Waals surface area contributed by atoms with E-state index < -0.39 is 17.3 Å². The third kappa shape index (κ3) is 4.56. The minimum atomic E-state index is -0.439. The molecule has 3 aromatic carbocycles. The number of phenolic OH excluding ortho intramolecular Hbond substituents is 3. The lowest BCUT2D eigenvalue weighted by Gasteiger charge is -2.11. The summed E-state index contributed by atoms with van der Waals surface area (Å²) in [6, 6.07) is 14.7. The molecule has 28 heavy (non-hydrogen) atoms. The first-order chi connectivity index (χ1) is 13.3. The van der Waals surface area contributed by atoms with E-state index in [2.05, 4.69) is 0 Å². The fourth-order valence-corrected chi connectivity index (χ4v) is 3.03. The first-order valence-corrected chi connectivity index (χ1v) is 9.02. The minimum absolute atomic E-state index is 0.101. The molecule has 5 nitrogen and oxygen atoms in total. The highest BCUT2D eigenvalue weighted by molar-refractivity contribution is 6.30. The second kappa shape index (κ2) is 8.23. The van der Waals surface area contributed by atoms with Crippen LogP contribution in [0, 0.1) is 6.92 Å². The van der Waals surface area contributed by atoms with Crippen molar-refractivity contribution >= 4 is 17.4 Å². The van der Waals surface area contributed by atoms with Gasteiger partial charge >= 0.3 is 0 Å². The lowest BCUT2D eigenvalue weighted by atomic mass is 9.98. The smallest absolute Gasteiger partial charge is 0.170 e. The molecule has 0 saturated carbocycles. The molecule has 0 aromatic heterocycles. The Balaban J connectivity index is 1.68. The number of carbonyl (C=O) groups is 1. The Morgan fingerprint density at radius 2 is 1.54 bits per heavy atom. The van der Waals surface area contributed by atoms with Gasteiger partial charge in [0.2, 0.25) is 0 Å². The van der Waals surface area contributed by atoms with Crippen molar-refractivity contribution in [1.29, 1.82) is 0 Å². The number of hydrogen-bond acceptors (Lipinski definition) is 5. The van der Waals surface area contributed by atoms with Crippen molar-refractivity contribution in [3.8, 4) is 28.7 Å². The highest BCUT2D eigenvalue weighted by atomic mass is 35.5. The molecular weight excluding hydrogens is 380 g/mol. The second-order valence-corrected chi connectivity index (χ2v) is 6.86. The second-order valence-electron chi connectivity index (χ2n) is 6.43. The number of halogens is 1. The van der Waals surface area contributed by atoms with E-state index in [9.17, 15) is 20.1 Å². The van der Waals surface area contributed by atoms with Crippen molar-refractivity contribution < 1.29 is 24.9 Å². The molecule has 3 N–H and O–H groups in total. The maximum absolute atomic E-state index is 12.4. The molecule has 6 heteroatoms. The van der Waals surface area contributed by atoms with Crippen LogP contribution in [0.4, 0.5) is 0 Å². The Kier molecular flexibility index (Phi) is 5.76. The zero-order valence-corrected chi connectivity index (χ0v) is 15.9. The summed E-state index contributed by atoms with van der Waals surface area (Å²) in [4.78, 5) is 12.4. The fraction of sp³-hybridized carbons (Fsp3) is 0.136. The summed E-state index contributed by atoms with van der Waals surface area (Å²) >= 11 is 5.87. The van der Waals surface area contributed by atoms with E-state index in [0.29, 0.717) is 22.9 Å². The molecule has 3 rings (SSSR count). The maximum Gasteiger partial charge on any atom is 0.170 e. The molecule has 144 valence electrons. The molecule has 3 aromatic rings. The zero-order chi connectivity index (χ0) is 20.3. The van der Waals surface area contributed by atoms with E-state index in [-0.39, 0.29) is 17.7 Å². The number of aromatic hydroxyl groups is 3. The van der Waals surface area contributed by atoms with E-state index in [1.165, 1.54) is 0 Å². The number of rotatable bonds is 6. The fourth-order valence-electron chi connectivity index (χ4n) is 2.91. The third-order valence-electron chi connectivity index (χ3n) is 4.35. The summed E-state index contributed by atoms with van der Waals surface area (Å²) in [7, 11) is 0. The van der Waals surface area contributed by atoms with Gasteiger partial charge in [-0.1, -0.05) is 17.7 Å². The molecule has 0 aliphatic rings. The Labute approximate surface area is 167 Å². The molecule has 0 spiro atoms. The van der Waals surface area contributed by atoms with Crippen LogP contribution in [0.3, 0.4) is 0 Å². The number of aryl methyl sites for hydroxylation is 2. The summed E-state index contributed by atoms with van der Waals surface area (Å²) < 4.78 is 5.79. The molecule has 0 unspecified atom stereocenters. The lowest BCUT2D eigenvalue weighted by Crippen LogP contribution is -2.03. The largest absolute Gasteiger partial charge is 0.508 e. The summed E-state index contributed by atoms with van der Waals surface area (Å²) in [5, 5.41) is 29.6. The first kappa shape index (κ1) is 19.6. The van der Waals surface area contributed by atoms with Gasteiger partial charge in [-0.25, -0.2) is 0 Å². The molecule has 0 aliphatic heterocycles. The van der Waals surface area contributed by atoms with Gasteiger partial charge in [0.1, 0.15) is 34.3 Å². The Morgan fingerprint density at radius 1 is 0.929 bits per heavy atom. The third-order valence-corrected chi connectivity index (χ3v) is 4.60. The SMILES string of the molecule is Cc1cc(Oc2ccc(Cl)cc2)ccc1CCC(=O)c1c(O)cc(O)cc1O. The molecule has 0 radical (unpaired) electrons. The summed E-state index contributed by atoms with van der Waals surface area (Å²) in [5.74, 6) is -0.250. The van der Waals surface area contributed by atoms with Gasteiger partial charge in [-0.2, -0.15) is 0 Å². The standard InChI is InChI=1S/C22H19ClO5/c1-13-10-18(28-17-7-4-15(23)5-8-17)6-2-14(13)3-9-19(25)22-20(26)11-16(24)12-21(22)27/h2,4-8,10-12,24,26-27H,3,9H2,1H3. The maximum atomic E-state index is 12.4. The van der Waals surface area contributed by atoms with Crippen LogP contribution in [-0.4, -0.2) is 21.1 Å². The summed E-state index contributed by atoms with van der Waals surface area (Å²) in [5.41, 5.74) is 1.73. The van der Waals surface area contributed by atoms with Gasteiger partial charge in [0.15, 0.2) is 5.78 Å². The van der Waals surface area contributed by atoms with Gasteiger partial charge in [0, 0.05) is 23.6 Å². The average molecular weight is 399 g/mol. The molecule has 0 bridgehead atoms. The number of Topliss-reactive ketones (excluding diaryl/α,β-unsaturated/α-hetero) is 1. The van der Waals surface area contributed by atoms with E-state index in [0.717, 1.165) is 23.3 Å². The zero-order valence-electron chi connectivity index (χ0n) is 15.1. The molecule has 0 heterocycles. The van der Waals surface area contributed by atoms with Crippen molar-refractivity contribution in [3.05, 3.63) is 76.3 Å². The van der Waals surface area contributed by atoms with Crippen LogP contribution >= 0.6 is 11.6 Å². The van der Waals surface area contributed by atoms with Gasteiger partial charge < -0.3 is 20.1 Å². The number of carbonyl (C=O) groups excluding carboxylic acids is 1. The van der Waals surface area contributed by atoms with E-state index >= 15 is 0 Å². The first-order valence-electron chi connectivity index (χ1n) is 8.64. The predicted octanol–water partition coefficient (Wildman–Crippen LogP) is 5.37. The van der Waals surface area contributed by atoms with E-state index in [4.69, 9.17) is 16.3 Å². The molecule has 0 amide bonds. The number of ketones is 1. The molecule has 0 saturated heterocycles. The van der Waals surface area contributed by atoms with Gasteiger partial charge in [-0.15, -0.1) is 0 Å². The van der Waals surface area contributed by atoms with Gasteiger partial charge in [0.05, 0.1) is 0 Å². The van der Waals surface area contributed by atoms with E-state index in [1.807, 2.05) is 25.1 Å². The quantitative estimate of drug-likeness (QED) is 0.486. The molecule has 0 aliphatic carbocycles. The minimum Gasteiger partial charge on any atom is -0.508 e. The highest BCUT2D eigenvalue weighted by Gasteiger charge is 2.18. The van der Waals surface area contributed by atoms with Crippen LogP contribution in [0.2, 0.25) is 5.02 Å². The summed E-state index contributed by atoms with van der Waals surface area (Å²) in [6.07, 6.45) is 0.537. The van der Waals surface area contributed by atoms with Crippen molar-refractivity contribution in [2.45, 2.75) is 19.8 Å². The number of ether oxygens (including phenoxy) is 1. The van der Waals surface area contributed by atoms with Gasteiger partial charge in [-0.3, -0.25) is 4.79 Å². The van der Waals surface area contributed by atoms with Crippen LogP contribution in [0.5, 0.6) is 28.7 Å². The van der Waals surface area contributed by atoms with Crippen molar-refractivity contribution in [2.75, 3.05) is 0 Å². The average Bonchev–Trinajstić information content (AvgIpc) is 2.62. The van der Waals surface area contributed by atoms with Crippen molar-refractivity contribution in [2.24, 2.45) is 0 Å². The Bertz CT molecular complexity index is 989. The van der Waals surface area contributed by atoms with Gasteiger partial charge in [-0.05, 0) is 60.9 Å². The summed E-state index contributed by atoms with van der Waals surface area (Å²) in [6.45, 7) is 1.92. The van der Waals surface area contributed by atoms with Crippen LogP contribution in [0.15, 0.2) is 54.6 Å². The topological polar surface area (TPSA) is 87.0 Å². The van der Waals surface area contributed by atoms with E-state index in [1.54, 1.807) is 24.3 Å². The highest BCUT2D eigenvalue weighted by Crippen LogP contribution is 2.33. The van der Waals surface area contributed by atoms with Crippen molar-refractivity contribution in [3.63, 3.8) is 0 Å². The van der Waals surface area contributed by atoms with Crippen LogP contribution in [-0.2, 0) is 6.42 Å².